The predicted octanol–water partition coefficient (Wildman–Crippen LogP) is 11.4. The minimum Gasteiger partial charge on any atom is -0.455 e. The Balaban J connectivity index is 1.11. The van der Waals surface area contributed by atoms with Gasteiger partial charge in [-0.15, -0.1) is 0 Å². The number of hydrogen-bond donors (Lipinski definition) is 0. The first-order valence-corrected chi connectivity index (χ1v) is 17.1. The van der Waals surface area contributed by atoms with Crippen molar-refractivity contribution in [2.75, 3.05) is 0 Å². The lowest BCUT2D eigenvalue weighted by Crippen LogP contribution is -2.00. The fourth-order valence-corrected chi connectivity index (χ4v) is 7.20. The lowest BCUT2D eigenvalue weighted by molar-refractivity contribution is 0.669. The van der Waals surface area contributed by atoms with Crippen molar-refractivity contribution in [3.63, 3.8) is 0 Å². The maximum Gasteiger partial charge on any atom is 0.167 e. The molecule has 3 aromatic heterocycles. The second-order valence-electron chi connectivity index (χ2n) is 12.8. The minimum absolute atomic E-state index is 0.512. The highest BCUT2D eigenvalue weighted by molar-refractivity contribution is 6.12. The van der Waals surface area contributed by atoms with Crippen LogP contribution in [0.1, 0.15) is 5.56 Å². The Labute approximate surface area is 298 Å². The fraction of sp³-hybridized carbons (Fsp3) is 0. The van der Waals surface area contributed by atoms with E-state index in [1.165, 1.54) is 21.8 Å². The van der Waals surface area contributed by atoms with Gasteiger partial charge in [-0.2, -0.15) is 5.26 Å². The molecule has 0 atom stereocenters. The van der Waals surface area contributed by atoms with E-state index in [-0.39, 0.29) is 0 Å². The van der Waals surface area contributed by atoms with Crippen molar-refractivity contribution in [1.82, 2.24) is 19.5 Å². The minimum atomic E-state index is 0.512. The Morgan fingerprint density at radius 1 is 0.462 bits per heavy atom. The first-order valence-electron chi connectivity index (χ1n) is 17.1. The van der Waals surface area contributed by atoms with Crippen LogP contribution in [0.3, 0.4) is 0 Å². The van der Waals surface area contributed by atoms with Crippen LogP contribution >= 0.6 is 0 Å². The molecule has 10 aromatic rings. The average molecular weight is 666 g/mol. The molecule has 10 rings (SSSR count). The lowest BCUT2D eigenvalue weighted by Gasteiger charge is -2.08. The molecule has 52 heavy (non-hydrogen) atoms. The summed E-state index contributed by atoms with van der Waals surface area (Å²) in [6.45, 7) is 0. The molecule has 0 amide bonds. The molecule has 0 aliphatic rings. The molecular weight excluding hydrogens is 639 g/mol. The van der Waals surface area contributed by atoms with Crippen LogP contribution in [-0.4, -0.2) is 19.5 Å². The summed E-state index contributed by atoms with van der Waals surface area (Å²) in [4.78, 5) is 14.8. The first kappa shape index (κ1) is 29.5. The number of aromatic nitrogens is 4. The fourth-order valence-electron chi connectivity index (χ4n) is 7.20. The lowest BCUT2D eigenvalue weighted by atomic mass is 10.0. The van der Waals surface area contributed by atoms with Crippen LogP contribution in [-0.2, 0) is 0 Å². The highest BCUT2D eigenvalue weighted by Crippen LogP contribution is 2.39. The highest BCUT2D eigenvalue weighted by Gasteiger charge is 2.19. The smallest absolute Gasteiger partial charge is 0.167 e. The Morgan fingerprint density at radius 3 is 1.87 bits per heavy atom. The predicted molar refractivity (Wildman–Crippen MR) is 208 cm³/mol. The molecule has 0 unspecified atom stereocenters. The Bertz CT molecular complexity index is 3010. The summed E-state index contributed by atoms with van der Waals surface area (Å²) in [6, 6.07) is 57.7. The third kappa shape index (κ3) is 4.84. The van der Waals surface area contributed by atoms with E-state index in [0.29, 0.717) is 28.6 Å². The second-order valence-corrected chi connectivity index (χ2v) is 12.8. The quantitative estimate of drug-likeness (QED) is 0.183. The number of para-hydroxylation sites is 3. The summed E-state index contributed by atoms with van der Waals surface area (Å²) in [7, 11) is 0. The van der Waals surface area contributed by atoms with Gasteiger partial charge in [-0.25, -0.2) is 15.0 Å². The number of rotatable bonds is 5. The number of fused-ring (bicyclic) bond motifs is 6. The SMILES string of the molecule is N#Cc1ccc(-c2nc(-c3ccccc3)nc(-c3cccc4c3oc3cc(-c5ccc6c(c5)c5ccccc5n6-c5ccccc5)ccc34)n2)cc1. The topological polar surface area (TPSA) is 80.5 Å². The number of nitrogens with zero attached hydrogens (tertiary/aromatic N) is 5. The van der Waals surface area contributed by atoms with Crippen LogP contribution in [0.5, 0.6) is 0 Å². The third-order valence-electron chi connectivity index (χ3n) is 9.70. The monoisotopic (exact) mass is 665 g/mol. The van der Waals surface area contributed by atoms with Gasteiger partial charge in [-0.05, 0) is 83.9 Å². The van der Waals surface area contributed by atoms with Gasteiger partial charge in [0.2, 0.25) is 0 Å². The van der Waals surface area contributed by atoms with Gasteiger partial charge in [0.1, 0.15) is 11.2 Å². The van der Waals surface area contributed by atoms with E-state index in [1.54, 1.807) is 12.1 Å². The Hall–Kier alpha value is -7.36. The summed E-state index contributed by atoms with van der Waals surface area (Å²) < 4.78 is 9.03. The maximum absolute atomic E-state index is 9.34. The van der Waals surface area contributed by atoms with Gasteiger partial charge in [0, 0.05) is 38.4 Å². The molecule has 0 aliphatic heterocycles. The zero-order valence-corrected chi connectivity index (χ0v) is 27.7. The van der Waals surface area contributed by atoms with Crippen LogP contribution < -0.4 is 0 Å². The zero-order valence-electron chi connectivity index (χ0n) is 27.7. The molecule has 0 spiro atoms. The Morgan fingerprint density at radius 2 is 1.08 bits per heavy atom. The summed E-state index contributed by atoms with van der Waals surface area (Å²) in [5, 5.41) is 13.8. The van der Waals surface area contributed by atoms with Gasteiger partial charge in [0.25, 0.3) is 0 Å². The third-order valence-corrected chi connectivity index (χ3v) is 9.70. The van der Waals surface area contributed by atoms with Gasteiger partial charge < -0.3 is 8.98 Å². The average Bonchev–Trinajstić information content (AvgIpc) is 3.76. The van der Waals surface area contributed by atoms with Crippen LogP contribution in [0.2, 0.25) is 0 Å². The van der Waals surface area contributed by atoms with E-state index in [1.807, 2.05) is 60.7 Å². The molecule has 0 bridgehead atoms. The summed E-state index contributed by atoms with van der Waals surface area (Å²) in [6.07, 6.45) is 0. The van der Waals surface area contributed by atoms with Crippen molar-refractivity contribution in [3.8, 4) is 57.0 Å². The van der Waals surface area contributed by atoms with Crippen molar-refractivity contribution in [1.29, 1.82) is 5.26 Å². The number of hydrogen-bond acceptors (Lipinski definition) is 5. The molecule has 0 saturated heterocycles. The van der Waals surface area contributed by atoms with Gasteiger partial charge >= 0.3 is 0 Å². The van der Waals surface area contributed by atoms with E-state index in [9.17, 15) is 5.26 Å². The molecule has 0 saturated carbocycles. The highest BCUT2D eigenvalue weighted by atomic mass is 16.3. The van der Waals surface area contributed by atoms with E-state index in [4.69, 9.17) is 19.4 Å². The molecule has 242 valence electrons. The molecule has 0 radical (unpaired) electrons. The number of benzene rings is 7. The van der Waals surface area contributed by atoms with Crippen molar-refractivity contribution in [3.05, 3.63) is 169 Å². The number of nitriles is 1. The molecule has 6 nitrogen and oxygen atoms in total. The Kier molecular flexibility index (Phi) is 6.76. The number of furan rings is 1. The van der Waals surface area contributed by atoms with Gasteiger partial charge in [-0.3, -0.25) is 0 Å². The van der Waals surface area contributed by atoms with Crippen LogP contribution in [0, 0.1) is 11.3 Å². The summed E-state index contributed by atoms with van der Waals surface area (Å²) in [5.41, 5.74) is 10.2. The molecular formula is C46H27N5O. The second kappa shape index (κ2) is 11.9. The van der Waals surface area contributed by atoms with E-state index >= 15 is 0 Å². The van der Waals surface area contributed by atoms with E-state index in [0.717, 1.165) is 49.9 Å². The van der Waals surface area contributed by atoms with Crippen molar-refractivity contribution in [2.45, 2.75) is 0 Å². The molecule has 7 aromatic carbocycles. The molecule has 0 N–H and O–H groups in total. The standard InChI is InChI=1S/C46H27N5O/c47-28-29-18-20-31(21-19-29)45-48-44(30-10-3-1-4-11-30)49-46(50-45)38-16-9-15-37-36-24-22-33(27-42(36)52-43(37)38)32-23-25-41-39(26-32)35-14-7-8-17-40(35)51(41)34-12-5-2-6-13-34/h1-27H. The molecule has 3 heterocycles. The van der Waals surface area contributed by atoms with Crippen molar-refractivity contribution in [2.24, 2.45) is 0 Å². The van der Waals surface area contributed by atoms with Crippen molar-refractivity contribution < 1.29 is 4.42 Å². The van der Waals surface area contributed by atoms with Gasteiger partial charge in [0.15, 0.2) is 17.5 Å². The molecule has 6 heteroatoms. The molecule has 0 aliphatic carbocycles. The van der Waals surface area contributed by atoms with E-state index < -0.39 is 0 Å². The summed E-state index contributed by atoms with van der Waals surface area (Å²) >= 11 is 0. The normalized spacial score (nSPS) is 11.4. The first-order chi connectivity index (χ1) is 25.7. The van der Waals surface area contributed by atoms with Crippen LogP contribution in [0.4, 0.5) is 0 Å². The van der Waals surface area contributed by atoms with Gasteiger partial charge in [-0.1, -0.05) is 91.0 Å². The largest absolute Gasteiger partial charge is 0.455 e. The van der Waals surface area contributed by atoms with Crippen LogP contribution in [0.25, 0.3) is 94.7 Å². The maximum atomic E-state index is 9.34. The zero-order chi connectivity index (χ0) is 34.6. The van der Waals surface area contributed by atoms with Crippen LogP contribution in [0.15, 0.2) is 168 Å². The van der Waals surface area contributed by atoms with Gasteiger partial charge in [0.05, 0.1) is 28.2 Å². The van der Waals surface area contributed by atoms with Crippen molar-refractivity contribution >= 4 is 43.7 Å². The summed E-state index contributed by atoms with van der Waals surface area (Å²) in [5.74, 6) is 1.59. The van der Waals surface area contributed by atoms with E-state index in [2.05, 4.69) is 102 Å². The molecule has 0 fully saturated rings.